The number of para-hydroxylation sites is 2. The highest BCUT2D eigenvalue weighted by molar-refractivity contribution is 9.11. The van der Waals surface area contributed by atoms with E-state index in [0.717, 1.165) is 20.4 Å². The molecule has 3 aromatic rings. The molecular formula is C13H9BrN2O2S. The number of thiophene rings is 1. The van der Waals surface area contributed by atoms with Crippen LogP contribution in [-0.4, -0.2) is 20.6 Å². The lowest BCUT2D eigenvalue weighted by molar-refractivity contribution is -0.137. The van der Waals surface area contributed by atoms with E-state index in [-0.39, 0.29) is 6.54 Å². The number of fused-ring (bicyclic) bond motifs is 1. The molecular weight excluding hydrogens is 328 g/mol. The molecule has 0 spiro atoms. The zero-order chi connectivity index (χ0) is 13.4. The molecule has 0 radical (unpaired) electrons. The van der Waals surface area contributed by atoms with Gasteiger partial charge in [0.15, 0.2) is 0 Å². The van der Waals surface area contributed by atoms with Crippen LogP contribution in [0.25, 0.3) is 22.4 Å². The van der Waals surface area contributed by atoms with E-state index in [4.69, 9.17) is 5.11 Å². The molecule has 0 unspecified atom stereocenters. The smallest absolute Gasteiger partial charge is 0.323 e. The summed E-state index contributed by atoms with van der Waals surface area (Å²) in [6.07, 6.45) is 0. The molecule has 3 rings (SSSR count). The van der Waals surface area contributed by atoms with Gasteiger partial charge in [0, 0.05) is 10.9 Å². The molecule has 2 heterocycles. The lowest BCUT2D eigenvalue weighted by Gasteiger charge is -2.04. The number of aliphatic carboxylic acids is 1. The zero-order valence-electron chi connectivity index (χ0n) is 9.71. The van der Waals surface area contributed by atoms with Crippen LogP contribution < -0.4 is 0 Å². The van der Waals surface area contributed by atoms with E-state index in [1.807, 2.05) is 35.7 Å². The van der Waals surface area contributed by atoms with Gasteiger partial charge < -0.3 is 9.67 Å². The van der Waals surface area contributed by atoms with Gasteiger partial charge >= 0.3 is 5.97 Å². The van der Waals surface area contributed by atoms with E-state index in [2.05, 4.69) is 20.9 Å². The minimum atomic E-state index is -0.876. The highest BCUT2D eigenvalue weighted by Gasteiger charge is 2.15. The molecule has 96 valence electrons. The molecule has 1 aromatic carbocycles. The van der Waals surface area contributed by atoms with Crippen LogP contribution >= 0.6 is 27.3 Å². The molecule has 0 bridgehead atoms. The number of nitrogens with zero attached hydrogens (tertiary/aromatic N) is 2. The number of hydrogen-bond acceptors (Lipinski definition) is 3. The van der Waals surface area contributed by atoms with E-state index >= 15 is 0 Å². The molecule has 0 aliphatic heterocycles. The van der Waals surface area contributed by atoms with Gasteiger partial charge in [-0.1, -0.05) is 12.1 Å². The summed E-state index contributed by atoms with van der Waals surface area (Å²) < 4.78 is 2.73. The molecule has 0 saturated heterocycles. The summed E-state index contributed by atoms with van der Waals surface area (Å²) in [6, 6.07) is 9.50. The van der Waals surface area contributed by atoms with Gasteiger partial charge in [-0.15, -0.1) is 11.3 Å². The molecule has 2 aromatic heterocycles. The summed E-state index contributed by atoms with van der Waals surface area (Å²) in [4.78, 5) is 15.6. The molecule has 0 aliphatic rings. The summed E-state index contributed by atoms with van der Waals surface area (Å²) in [7, 11) is 0. The first-order valence-corrected chi connectivity index (χ1v) is 7.24. The number of imidazole rings is 1. The molecule has 0 saturated carbocycles. The van der Waals surface area contributed by atoms with Gasteiger partial charge in [0.05, 0.1) is 14.8 Å². The molecule has 0 fully saturated rings. The Balaban J connectivity index is 2.25. The predicted molar refractivity (Wildman–Crippen MR) is 78.4 cm³/mol. The second kappa shape index (κ2) is 4.79. The molecule has 0 aliphatic carbocycles. The Kier molecular flexibility index (Phi) is 3.12. The summed E-state index contributed by atoms with van der Waals surface area (Å²) in [5.74, 6) is -0.191. The lowest BCUT2D eigenvalue weighted by Crippen LogP contribution is -2.09. The number of carboxylic acids is 1. The Morgan fingerprint density at radius 3 is 2.89 bits per heavy atom. The number of benzene rings is 1. The zero-order valence-corrected chi connectivity index (χ0v) is 12.1. The number of rotatable bonds is 3. The van der Waals surface area contributed by atoms with Crippen LogP contribution in [0, 0.1) is 0 Å². The van der Waals surface area contributed by atoms with Crippen molar-refractivity contribution < 1.29 is 9.90 Å². The number of carbonyl (C=O) groups is 1. The van der Waals surface area contributed by atoms with Crippen LogP contribution in [0.15, 0.2) is 39.5 Å². The molecule has 19 heavy (non-hydrogen) atoms. The van der Waals surface area contributed by atoms with Crippen LogP contribution in [0.1, 0.15) is 0 Å². The SMILES string of the molecule is O=C(O)Cn1c(-c2csc(Br)c2)nc2ccccc21. The quantitative estimate of drug-likeness (QED) is 0.794. The molecule has 4 nitrogen and oxygen atoms in total. The van der Waals surface area contributed by atoms with E-state index in [1.165, 1.54) is 0 Å². The third kappa shape index (κ3) is 2.29. The van der Waals surface area contributed by atoms with Gasteiger partial charge in [0.1, 0.15) is 12.4 Å². The van der Waals surface area contributed by atoms with Crippen LogP contribution in [0.2, 0.25) is 0 Å². The summed E-state index contributed by atoms with van der Waals surface area (Å²) >= 11 is 4.97. The fourth-order valence-electron chi connectivity index (χ4n) is 2.02. The molecule has 1 N–H and O–H groups in total. The van der Waals surface area contributed by atoms with Crippen molar-refractivity contribution >= 4 is 44.3 Å². The maximum absolute atomic E-state index is 11.0. The van der Waals surface area contributed by atoms with Crippen molar-refractivity contribution in [2.24, 2.45) is 0 Å². The molecule has 6 heteroatoms. The highest BCUT2D eigenvalue weighted by atomic mass is 79.9. The maximum Gasteiger partial charge on any atom is 0.323 e. The second-order valence-corrected chi connectivity index (χ2v) is 6.33. The Hall–Kier alpha value is -1.66. The van der Waals surface area contributed by atoms with Gasteiger partial charge in [0.25, 0.3) is 0 Å². The van der Waals surface area contributed by atoms with Gasteiger partial charge in [-0.3, -0.25) is 4.79 Å². The first-order chi connectivity index (χ1) is 9.15. The fourth-order valence-corrected chi connectivity index (χ4v) is 3.15. The van der Waals surface area contributed by atoms with Gasteiger partial charge in [0.2, 0.25) is 0 Å². The monoisotopic (exact) mass is 336 g/mol. The van der Waals surface area contributed by atoms with Crippen molar-refractivity contribution in [1.29, 1.82) is 0 Å². The predicted octanol–water partition coefficient (Wildman–Crippen LogP) is 3.61. The Labute approximate surface area is 121 Å². The van der Waals surface area contributed by atoms with Gasteiger partial charge in [-0.25, -0.2) is 4.98 Å². The van der Waals surface area contributed by atoms with Crippen molar-refractivity contribution in [2.75, 3.05) is 0 Å². The standard InChI is InChI=1S/C13H9BrN2O2S/c14-11-5-8(7-19-11)13-15-9-3-1-2-4-10(9)16(13)6-12(17)18/h1-5,7H,6H2,(H,17,18). The number of halogens is 1. The van der Waals surface area contributed by atoms with Crippen LogP contribution in [-0.2, 0) is 11.3 Å². The first kappa shape index (κ1) is 12.4. The largest absolute Gasteiger partial charge is 0.480 e. The van der Waals surface area contributed by atoms with E-state index < -0.39 is 5.97 Å². The number of carboxylic acid groups (broad SMARTS) is 1. The van der Waals surface area contributed by atoms with E-state index in [1.54, 1.807) is 15.9 Å². The van der Waals surface area contributed by atoms with Crippen molar-refractivity contribution in [2.45, 2.75) is 6.54 Å². The van der Waals surface area contributed by atoms with Crippen molar-refractivity contribution in [3.05, 3.63) is 39.5 Å². The van der Waals surface area contributed by atoms with Gasteiger partial charge in [-0.2, -0.15) is 0 Å². The summed E-state index contributed by atoms with van der Waals surface area (Å²) in [6.45, 7) is -0.0939. The van der Waals surface area contributed by atoms with Crippen molar-refractivity contribution in [1.82, 2.24) is 9.55 Å². The minimum absolute atomic E-state index is 0.0939. The Bertz CT molecular complexity index is 763. The summed E-state index contributed by atoms with van der Waals surface area (Å²) in [5, 5.41) is 11.0. The molecule has 0 amide bonds. The second-order valence-electron chi connectivity index (χ2n) is 4.04. The van der Waals surface area contributed by atoms with E-state index in [9.17, 15) is 4.79 Å². The van der Waals surface area contributed by atoms with Crippen molar-refractivity contribution in [3.63, 3.8) is 0 Å². The van der Waals surface area contributed by atoms with Gasteiger partial charge in [-0.05, 0) is 34.1 Å². The summed E-state index contributed by atoms with van der Waals surface area (Å²) in [5.41, 5.74) is 2.57. The van der Waals surface area contributed by atoms with Crippen molar-refractivity contribution in [3.8, 4) is 11.4 Å². The average Bonchev–Trinajstić information content (AvgIpc) is 2.94. The number of aromatic nitrogens is 2. The Morgan fingerprint density at radius 1 is 1.42 bits per heavy atom. The Morgan fingerprint density at radius 2 is 2.21 bits per heavy atom. The lowest BCUT2D eigenvalue weighted by atomic mass is 10.3. The molecule has 0 atom stereocenters. The number of hydrogen-bond donors (Lipinski definition) is 1. The minimum Gasteiger partial charge on any atom is -0.480 e. The third-order valence-electron chi connectivity index (χ3n) is 2.77. The average molecular weight is 337 g/mol. The normalized spacial score (nSPS) is 11.0. The topological polar surface area (TPSA) is 55.1 Å². The maximum atomic E-state index is 11.0. The third-order valence-corrected chi connectivity index (χ3v) is 4.28. The van der Waals surface area contributed by atoms with E-state index in [0.29, 0.717) is 5.82 Å². The fraction of sp³-hybridized carbons (Fsp3) is 0.0769. The van der Waals surface area contributed by atoms with Crippen LogP contribution in [0.4, 0.5) is 0 Å². The first-order valence-electron chi connectivity index (χ1n) is 5.56. The van der Waals surface area contributed by atoms with Crippen LogP contribution in [0.3, 0.4) is 0 Å². The van der Waals surface area contributed by atoms with Crippen LogP contribution in [0.5, 0.6) is 0 Å². The highest BCUT2D eigenvalue weighted by Crippen LogP contribution is 2.30.